The van der Waals surface area contributed by atoms with Gasteiger partial charge in [-0.15, -0.1) is 0 Å². The van der Waals surface area contributed by atoms with Crippen LogP contribution in [-0.4, -0.2) is 23.8 Å². The first-order chi connectivity index (χ1) is 11.9. The number of carbonyl (C=O) groups excluding carboxylic acids is 1. The number of benzene rings is 1. The molecule has 0 aliphatic heterocycles. The van der Waals surface area contributed by atoms with Crippen LogP contribution in [0.25, 0.3) is 0 Å². The third-order valence-corrected chi connectivity index (χ3v) is 6.67. The number of ketones is 1. The first kappa shape index (κ1) is 18.0. The normalized spacial score (nSPS) is 24.0. The predicted molar refractivity (Wildman–Crippen MR) is 105 cm³/mol. The Balaban J connectivity index is 2.02. The van der Waals surface area contributed by atoms with Crippen LogP contribution in [0.3, 0.4) is 0 Å². The van der Waals surface area contributed by atoms with Gasteiger partial charge in [0.15, 0.2) is 0 Å². The van der Waals surface area contributed by atoms with Crippen molar-refractivity contribution < 1.29 is 4.79 Å². The lowest BCUT2D eigenvalue weighted by Crippen LogP contribution is -2.35. The molecule has 1 aromatic carbocycles. The topological polar surface area (TPSA) is 20.3 Å². The van der Waals surface area contributed by atoms with Gasteiger partial charge >= 0.3 is 0 Å². The van der Waals surface area contributed by atoms with Crippen LogP contribution in [0.4, 0.5) is 0 Å². The van der Waals surface area contributed by atoms with E-state index in [-0.39, 0.29) is 5.78 Å². The number of aryl methyl sites for hydroxylation is 1. The van der Waals surface area contributed by atoms with E-state index in [4.69, 9.17) is 0 Å². The lowest BCUT2D eigenvalue weighted by atomic mass is 9.72. The highest BCUT2D eigenvalue weighted by atomic mass is 16.1. The van der Waals surface area contributed by atoms with Crippen LogP contribution in [0.15, 0.2) is 42.1 Å². The highest BCUT2D eigenvalue weighted by molar-refractivity contribution is 5.90. The summed E-state index contributed by atoms with van der Waals surface area (Å²) in [5.74, 6) is 0.273. The number of rotatable bonds is 5. The van der Waals surface area contributed by atoms with Crippen molar-refractivity contribution in [3.05, 3.63) is 58.8 Å². The first-order valence-corrected chi connectivity index (χ1v) is 9.55. The molecule has 1 fully saturated rings. The van der Waals surface area contributed by atoms with Gasteiger partial charge < -0.3 is 4.90 Å². The maximum atomic E-state index is 12.9. The summed E-state index contributed by atoms with van der Waals surface area (Å²) in [7, 11) is 2.22. The van der Waals surface area contributed by atoms with E-state index < -0.39 is 5.41 Å². The van der Waals surface area contributed by atoms with Gasteiger partial charge in [-0.2, -0.15) is 0 Å². The number of hydrogen-bond acceptors (Lipinski definition) is 2. The third-order valence-electron chi connectivity index (χ3n) is 6.67. The molecule has 0 amide bonds. The molecule has 0 radical (unpaired) electrons. The van der Waals surface area contributed by atoms with Gasteiger partial charge in [0.2, 0.25) is 0 Å². The van der Waals surface area contributed by atoms with Gasteiger partial charge in [0.25, 0.3) is 0 Å². The Bertz CT molecular complexity index is 724. The van der Waals surface area contributed by atoms with Crippen LogP contribution in [0.1, 0.15) is 62.1 Å². The lowest BCUT2D eigenvalue weighted by Gasteiger charge is -2.33. The average Bonchev–Trinajstić information content (AvgIpc) is 3.24. The van der Waals surface area contributed by atoms with Gasteiger partial charge in [0.05, 0.1) is 5.41 Å². The molecule has 0 bridgehead atoms. The van der Waals surface area contributed by atoms with Crippen LogP contribution in [0.2, 0.25) is 0 Å². The van der Waals surface area contributed by atoms with Gasteiger partial charge in [0, 0.05) is 25.2 Å². The van der Waals surface area contributed by atoms with Crippen molar-refractivity contribution in [3.63, 3.8) is 0 Å². The molecule has 1 saturated carbocycles. The zero-order valence-corrected chi connectivity index (χ0v) is 16.2. The Kier molecular flexibility index (Phi) is 4.90. The summed E-state index contributed by atoms with van der Waals surface area (Å²) in [5, 5.41) is 0. The molecule has 134 valence electrons. The monoisotopic (exact) mass is 337 g/mol. The fraction of sp³-hybridized carbons (Fsp3) is 0.522. The van der Waals surface area contributed by atoms with Crippen molar-refractivity contribution in [3.8, 4) is 0 Å². The van der Waals surface area contributed by atoms with Crippen molar-refractivity contribution in [2.24, 2.45) is 0 Å². The maximum absolute atomic E-state index is 12.9. The number of allylic oxidation sites excluding steroid dienone is 3. The SMILES string of the molecule is C=CC1=C(N(C)C2CCCC2)C[C@](C(C)=O)(c2cccc(C)c2C)C1. The summed E-state index contributed by atoms with van der Waals surface area (Å²) >= 11 is 0. The van der Waals surface area contributed by atoms with Crippen LogP contribution in [0.5, 0.6) is 0 Å². The van der Waals surface area contributed by atoms with E-state index >= 15 is 0 Å². The van der Waals surface area contributed by atoms with Crippen molar-refractivity contribution in [1.29, 1.82) is 0 Å². The van der Waals surface area contributed by atoms with Gasteiger partial charge in [-0.1, -0.05) is 43.7 Å². The van der Waals surface area contributed by atoms with Crippen molar-refractivity contribution in [2.75, 3.05) is 7.05 Å². The molecule has 2 aliphatic rings. The zero-order chi connectivity index (χ0) is 18.2. The molecular weight excluding hydrogens is 306 g/mol. The quantitative estimate of drug-likeness (QED) is 0.732. The molecule has 0 spiro atoms. The second kappa shape index (κ2) is 6.82. The molecule has 2 heteroatoms. The van der Waals surface area contributed by atoms with E-state index in [0.717, 1.165) is 12.8 Å². The molecule has 0 N–H and O–H groups in total. The van der Waals surface area contributed by atoms with E-state index in [2.05, 4.69) is 50.6 Å². The highest BCUT2D eigenvalue weighted by Crippen LogP contribution is 2.48. The molecule has 0 unspecified atom stereocenters. The summed E-state index contributed by atoms with van der Waals surface area (Å²) in [6.07, 6.45) is 8.74. The van der Waals surface area contributed by atoms with E-state index in [1.807, 2.05) is 6.08 Å². The number of hydrogen-bond donors (Lipinski definition) is 0. The molecule has 0 saturated heterocycles. The second-order valence-corrected chi connectivity index (χ2v) is 7.96. The molecule has 25 heavy (non-hydrogen) atoms. The molecular formula is C23H31NO. The fourth-order valence-electron chi connectivity index (χ4n) is 4.84. The molecule has 2 nitrogen and oxygen atoms in total. The molecule has 1 atom stereocenters. The lowest BCUT2D eigenvalue weighted by molar-refractivity contribution is -0.122. The summed E-state index contributed by atoms with van der Waals surface area (Å²) in [5.41, 5.74) is 5.88. The third kappa shape index (κ3) is 2.96. The minimum absolute atomic E-state index is 0.273. The van der Waals surface area contributed by atoms with Crippen LogP contribution in [-0.2, 0) is 10.2 Å². The van der Waals surface area contributed by atoms with E-state index in [1.165, 1.54) is 53.6 Å². The Hall–Kier alpha value is -1.83. The molecule has 0 heterocycles. The Morgan fingerprint density at radius 2 is 1.92 bits per heavy atom. The van der Waals surface area contributed by atoms with Crippen molar-refractivity contribution >= 4 is 5.78 Å². The molecule has 2 aliphatic carbocycles. The fourth-order valence-corrected chi connectivity index (χ4v) is 4.84. The summed E-state index contributed by atoms with van der Waals surface area (Å²) in [6, 6.07) is 7.00. The number of carbonyl (C=O) groups is 1. The van der Waals surface area contributed by atoms with Crippen molar-refractivity contribution in [2.45, 2.75) is 70.8 Å². The van der Waals surface area contributed by atoms with E-state index in [9.17, 15) is 4.79 Å². The molecule has 3 rings (SSSR count). The number of nitrogens with zero attached hydrogens (tertiary/aromatic N) is 1. The van der Waals surface area contributed by atoms with Crippen LogP contribution in [0, 0.1) is 13.8 Å². The average molecular weight is 338 g/mol. The Labute approximate surface area is 152 Å². The van der Waals surface area contributed by atoms with Gasteiger partial charge in [-0.05, 0) is 62.3 Å². The largest absolute Gasteiger partial charge is 0.375 e. The first-order valence-electron chi connectivity index (χ1n) is 9.55. The highest BCUT2D eigenvalue weighted by Gasteiger charge is 2.46. The second-order valence-electron chi connectivity index (χ2n) is 7.96. The van der Waals surface area contributed by atoms with E-state index in [1.54, 1.807) is 6.92 Å². The van der Waals surface area contributed by atoms with Crippen LogP contribution >= 0.6 is 0 Å². The standard InChI is InChI=1S/C23H31NO/c1-6-19-14-23(18(4)25,21-13-9-10-16(2)17(21)3)15-22(19)24(5)20-11-7-8-12-20/h6,9-10,13,20H,1,7-8,11-12,14-15H2,2-5H3/t23-/m1/s1. The van der Waals surface area contributed by atoms with Crippen molar-refractivity contribution in [1.82, 2.24) is 4.90 Å². The molecule has 0 aromatic heterocycles. The van der Waals surface area contributed by atoms with Gasteiger partial charge in [0.1, 0.15) is 5.78 Å². The maximum Gasteiger partial charge on any atom is 0.141 e. The number of Topliss-reactive ketones (excluding diaryl/α,β-unsaturated/α-hetero) is 1. The summed E-state index contributed by atoms with van der Waals surface area (Å²) in [4.78, 5) is 15.4. The Morgan fingerprint density at radius 1 is 1.24 bits per heavy atom. The summed E-state index contributed by atoms with van der Waals surface area (Å²) in [6.45, 7) is 10.1. The molecule has 1 aromatic rings. The smallest absolute Gasteiger partial charge is 0.141 e. The van der Waals surface area contributed by atoms with Crippen LogP contribution < -0.4 is 0 Å². The minimum Gasteiger partial charge on any atom is -0.375 e. The van der Waals surface area contributed by atoms with Gasteiger partial charge in [-0.25, -0.2) is 0 Å². The Morgan fingerprint density at radius 3 is 2.52 bits per heavy atom. The van der Waals surface area contributed by atoms with E-state index in [0.29, 0.717) is 6.04 Å². The zero-order valence-electron chi connectivity index (χ0n) is 16.2. The summed E-state index contributed by atoms with van der Waals surface area (Å²) < 4.78 is 0. The van der Waals surface area contributed by atoms with Gasteiger partial charge in [-0.3, -0.25) is 4.79 Å². The minimum atomic E-state index is -0.429. The predicted octanol–water partition coefficient (Wildman–Crippen LogP) is 5.24.